The van der Waals surface area contributed by atoms with Gasteiger partial charge >= 0.3 is 5.97 Å². The third-order valence-corrected chi connectivity index (χ3v) is 2.85. The van der Waals surface area contributed by atoms with Crippen molar-refractivity contribution in [3.63, 3.8) is 0 Å². The highest BCUT2D eigenvalue weighted by atomic mass is 16.5. The standard InChI is InChI=1S/C12H15N3O3/c1-2-18-12(17)10-4-3-7-15(10)11(16)9-8-13-5-6-14-9/h5-6,8,10H,2-4,7H2,1H3. The van der Waals surface area contributed by atoms with Gasteiger partial charge in [0, 0.05) is 18.9 Å². The number of hydrogen-bond acceptors (Lipinski definition) is 5. The zero-order valence-corrected chi connectivity index (χ0v) is 10.2. The first-order valence-electron chi connectivity index (χ1n) is 5.97. The number of likely N-dealkylation sites (tertiary alicyclic amines) is 1. The third-order valence-electron chi connectivity index (χ3n) is 2.85. The molecule has 1 unspecified atom stereocenters. The Hall–Kier alpha value is -1.98. The van der Waals surface area contributed by atoms with Gasteiger partial charge in [0.25, 0.3) is 5.91 Å². The third kappa shape index (κ3) is 2.47. The molecule has 6 heteroatoms. The van der Waals surface area contributed by atoms with Gasteiger partial charge in [0.15, 0.2) is 0 Å². The van der Waals surface area contributed by atoms with Crippen LogP contribution in [0.4, 0.5) is 0 Å². The summed E-state index contributed by atoms with van der Waals surface area (Å²) in [5, 5.41) is 0. The summed E-state index contributed by atoms with van der Waals surface area (Å²) in [6, 6.07) is -0.487. The smallest absolute Gasteiger partial charge is 0.328 e. The molecule has 18 heavy (non-hydrogen) atoms. The molecule has 0 aliphatic carbocycles. The molecule has 0 aromatic carbocycles. The van der Waals surface area contributed by atoms with Gasteiger partial charge in [0.05, 0.1) is 12.8 Å². The summed E-state index contributed by atoms with van der Waals surface area (Å²) in [6.07, 6.45) is 5.81. The van der Waals surface area contributed by atoms with Crippen LogP contribution in [0.3, 0.4) is 0 Å². The van der Waals surface area contributed by atoms with Gasteiger partial charge in [-0.25, -0.2) is 9.78 Å². The van der Waals surface area contributed by atoms with Crippen LogP contribution in [0.1, 0.15) is 30.3 Å². The lowest BCUT2D eigenvalue weighted by atomic mass is 10.2. The van der Waals surface area contributed by atoms with Gasteiger partial charge in [0.1, 0.15) is 11.7 Å². The quantitative estimate of drug-likeness (QED) is 0.735. The van der Waals surface area contributed by atoms with Crippen LogP contribution >= 0.6 is 0 Å². The summed E-state index contributed by atoms with van der Waals surface area (Å²) >= 11 is 0. The van der Waals surface area contributed by atoms with Gasteiger partial charge in [-0.2, -0.15) is 0 Å². The maximum atomic E-state index is 12.2. The topological polar surface area (TPSA) is 72.4 Å². The summed E-state index contributed by atoms with van der Waals surface area (Å²) in [6.45, 7) is 2.63. The van der Waals surface area contributed by atoms with Crippen molar-refractivity contribution in [3.05, 3.63) is 24.3 Å². The molecule has 2 rings (SSSR count). The monoisotopic (exact) mass is 249 g/mol. The summed E-state index contributed by atoms with van der Waals surface area (Å²) in [7, 11) is 0. The molecule has 0 N–H and O–H groups in total. The predicted octanol–water partition coefficient (Wildman–Crippen LogP) is 0.644. The predicted molar refractivity (Wildman–Crippen MR) is 62.7 cm³/mol. The van der Waals surface area contributed by atoms with Crippen molar-refractivity contribution in [3.8, 4) is 0 Å². The summed E-state index contributed by atoms with van der Waals surface area (Å²) in [5.74, 6) is -0.606. The fraction of sp³-hybridized carbons (Fsp3) is 0.500. The Kier molecular flexibility index (Phi) is 3.86. The van der Waals surface area contributed by atoms with Gasteiger partial charge in [0.2, 0.25) is 0 Å². The average Bonchev–Trinajstić information content (AvgIpc) is 2.88. The SMILES string of the molecule is CCOC(=O)C1CCCN1C(=O)c1cnccn1. The highest BCUT2D eigenvalue weighted by Crippen LogP contribution is 2.20. The Morgan fingerprint density at radius 3 is 3.00 bits per heavy atom. The molecular weight excluding hydrogens is 234 g/mol. The lowest BCUT2D eigenvalue weighted by Gasteiger charge is -2.22. The van der Waals surface area contributed by atoms with Crippen LogP contribution in [0.2, 0.25) is 0 Å². The molecule has 1 aliphatic rings. The molecule has 0 spiro atoms. The number of ether oxygens (including phenoxy) is 1. The summed E-state index contributed by atoms with van der Waals surface area (Å²) in [4.78, 5) is 33.3. The Labute approximate surface area is 105 Å². The maximum Gasteiger partial charge on any atom is 0.328 e. The Bertz CT molecular complexity index is 435. The highest BCUT2D eigenvalue weighted by molar-refractivity contribution is 5.95. The van der Waals surface area contributed by atoms with Crippen molar-refractivity contribution in [1.82, 2.24) is 14.9 Å². The summed E-state index contributed by atoms with van der Waals surface area (Å²) < 4.78 is 4.97. The zero-order chi connectivity index (χ0) is 13.0. The van der Waals surface area contributed by atoms with Gasteiger partial charge < -0.3 is 9.64 Å². The molecule has 0 bridgehead atoms. The van der Waals surface area contributed by atoms with E-state index in [0.29, 0.717) is 19.6 Å². The van der Waals surface area contributed by atoms with Crippen molar-refractivity contribution < 1.29 is 14.3 Å². The van der Waals surface area contributed by atoms with E-state index in [4.69, 9.17) is 4.74 Å². The van der Waals surface area contributed by atoms with E-state index in [2.05, 4.69) is 9.97 Å². The van der Waals surface area contributed by atoms with Gasteiger partial charge in [-0.1, -0.05) is 0 Å². The molecule has 1 aliphatic heterocycles. The van der Waals surface area contributed by atoms with E-state index in [1.165, 1.54) is 23.5 Å². The first-order chi connectivity index (χ1) is 8.74. The van der Waals surface area contributed by atoms with Crippen LogP contribution in [-0.4, -0.2) is 45.9 Å². The normalized spacial score (nSPS) is 18.7. The molecule has 0 saturated carbocycles. The fourth-order valence-corrected chi connectivity index (χ4v) is 2.05. The number of esters is 1. The van der Waals surface area contributed by atoms with Gasteiger partial charge in [-0.3, -0.25) is 9.78 Å². The fourth-order valence-electron chi connectivity index (χ4n) is 2.05. The van der Waals surface area contributed by atoms with Crippen LogP contribution in [0.5, 0.6) is 0 Å². The number of carbonyl (C=O) groups excluding carboxylic acids is 2. The van der Waals surface area contributed by atoms with Crippen molar-refractivity contribution in [2.75, 3.05) is 13.2 Å². The van der Waals surface area contributed by atoms with Crippen molar-refractivity contribution >= 4 is 11.9 Å². The second kappa shape index (κ2) is 5.57. The molecule has 1 aromatic heterocycles. The Morgan fingerprint density at radius 2 is 2.33 bits per heavy atom. The first-order valence-corrected chi connectivity index (χ1v) is 5.97. The maximum absolute atomic E-state index is 12.2. The lowest BCUT2D eigenvalue weighted by molar-refractivity contribution is -0.147. The summed E-state index contributed by atoms with van der Waals surface area (Å²) in [5.41, 5.74) is 0.258. The van der Waals surface area contributed by atoms with Crippen LogP contribution < -0.4 is 0 Å². The molecular formula is C12H15N3O3. The number of nitrogens with zero attached hydrogens (tertiary/aromatic N) is 3. The molecule has 1 saturated heterocycles. The second-order valence-electron chi connectivity index (χ2n) is 4.00. The number of hydrogen-bond donors (Lipinski definition) is 0. The molecule has 0 radical (unpaired) electrons. The minimum Gasteiger partial charge on any atom is -0.464 e. The van der Waals surface area contributed by atoms with Crippen molar-refractivity contribution in [2.45, 2.75) is 25.8 Å². The van der Waals surface area contributed by atoms with Crippen molar-refractivity contribution in [2.24, 2.45) is 0 Å². The molecule has 1 fully saturated rings. The molecule has 96 valence electrons. The number of amides is 1. The molecule has 1 atom stereocenters. The number of rotatable bonds is 3. The van der Waals surface area contributed by atoms with Crippen molar-refractivity contribution in [1.29, 1.82) is 0 Å². The molecule has 6 nitrogen and oxygen atoms in total. The van der Waals surface area contributed by atoms with Crippen LogP contribution in [0.25, 0.3) is 0 Å². The second-order valence-corrected chi connectivity index (χ2v) is 4.00. The molecule has 1 aromatic rings. The molecule has 2 heterocycles. The van der Waals surface area contributed by atoms with E-state index in [0.717, 1.165) is 6.42 Å². The minimum absolute atomic E-state index is 0.258. The van der Waals surface area contributed by atoms with E-state index < -0.39 is 6.04 Å². The lowest BCUT2D eigenvalue weighted by Crippen LogP contribution is -2.41. The van der Waals surface area contributed by atoms with E-state index in [1.54, 1.807) is 6.92 Å². The number of carbonyl (C=O) groups is 2. The van der Waals surface area contributed by atoms with Gasteiger partial charge in [-0.05, 0) is 19.8 Å². The highest BCUT2D eigenvalue weighted by Gasteiger charge is 2.35. The zero-order valence-electron chi connectivity index (χ0n) is 10.2. The van der Waals surface area contributed by atoms with Crippen LogP contribution in [-0.2, 0) is 9.53 Å². The van der Waals surface area contributed by atoms with Gasteiger partial charge in [-0.15, -0.1) is 0 Å². The Morgan fingerprint density at radius 1 is 1.50 bits per heavy atom. The van der Waals surface area contributed by atoms with Crippen LogP contribution in [0.15, 0.2) is 18.6 Å². The Balaban J connectivity index is 2.12. The van der Waals surface area contributed by atoms with E-state index >= 15 is 0 Å². The average molecular weight is 249 g/mol. The minimum atomic E-state index is -0.487. The number of aromatic nitrogens is 2. The van der Waals surface area contributed by atoms with E-state index in [-0.39, 0.29) is 17.6 Å². The van der Waals surface area contributed by atoms with E-state index in [1.807, 2.05) is 0 Å². The van der Waals surface area contributed by atoms with Crippen LogP contribution in [0, 0.1) is 0 Å². The largest absolute Gasteiger partial charge is 0.464 e. The van der Waals surface area contributed by atoms with E-state index in [9.17, 15) is 9.59 Å². The first kappa shape index (κ1) is 12.5. The molecule has 1 amide bonds.